The van der Waals surface area contributed by atoms with Gasteiger partial charge in [-0.1, -0.05) is 30.3 Å². The summed E-state index contributed by atoms with van der Waals surface area (Å²) in [6.45, 7) is 5.50. The molecule has 0 radical (unpaired) electrons. The SMILES string of the molecule is C[C@H](NC(=O)C1CC1)[C@H](c1ccccc1)N1CCOCC1. The van der Waals surface area contributed by atoms with Crippen molar-refractivity contribution in [2.75, 3.05) is 26.3 Å². The Labute approximate surface area is 126 Å². The van der Waals surface area contributed by atoms with Crippen LogP contribution in [0.5, 0.6) is 0 Å². The quantitative estimate of drug-likeness (QED) is 0.901. The van der Waals surface area contributed by atoms with Gasteiger partial charge in [-0.05, 0) is 25.3 Å². The second kappa shape index (κ2) is 6.58. The highest BCUT2D eigenvalue weighted by atomic mass is 16.5. The number of ether oxygens (including phenoxy) is 1. The fourth-order valence-electron chi connectivity index (χ4n) is 3.09. The first-order chi connectivity index (χ1) is 10.3. The van der Waals surface area contributed by atoms with Crippen LogP contribution in [0.2, 0.25) is 0 Å². The molecule has 2 aliphatic rings. The molecule has 0 unspecified atom stereocenters. The molecule has 2 fully saturated rings. The Bertz CT molecular complexity index is 467. The van der Waals surface area contributed by atoms with Gasteiger partial charge in [0.05, 0.1) is 19.3 Å². The van der Waals surface area contributed by atoms with Gasteiger partial charge in [0.2, 0.25) is 5.91 Å². The maximum absolute atomic E-state index is 12.1. The molecule has 1 aromatic carbocycles. The Balaban J connectivity index is 1.75. The van der Waals surface area contributed by atoms with Crippen molar-refractivity contribution >= 4 is 5.91 Å². The van der Waals surface area contributed by atoms with E-state index in [0.29, 0.717) is 0 Å². The summed E-state index contributed by atoms with van der Waals surface area (Å²) in [5.74, 6) is 0.477. The van der Waals surface area contributed by atoms with E-state index in [9.17, 15) is 4.79 Å². The minimum absolute atomic E-state index is 0.110. The molecular formula is C17H24N2O2. The molecule has 1 amide bonds. The fraction of sp³-hybridized carbons (Fsp3) is 0.588. The maximum atomic E-state index is 12.1. The zero-order valence-corrected chi connectivity index (χ0v) is 12.6. The summed E-state index contributed by atoms with van der Waals surface area (Å²) in [5, 5.41) is 3.22. The van der Waals surface area contributed by atoms with E-state index in [-0.39, 0.29) is 23.9 Å². The number of nitrogens with one attached hydrogen (secondary N) is 1. The first-order valence-corrected chi connectivity index (χ1v) is 7.93. The topological polar surface area (TPSA) is 41.6 Å². The van der Waals surface area contributed by atoms with Crippen LogP contribution in [0, 0.1) is 5.92 Å². The van der Waals surface area contributed by atoms with Crippen LogP contribution in [-0.4, -0.2) is 43.2 Å². The van der Waals surface area contributed by atoms with E-state index < -0.39 is 0 Å². The lowest BCUT2D eigenvalue weighted by Gasteiger charge is -2.38. The first-order valence-electron chi connectivity index (χ1n) is 7.93. The molecule has 1 saturated heterocycles. The first kappa shape index (κ1) is 14.5. The third-order valence-electron chi connectivity index (χ3n) is 4.37. The van der Waals surface area contributed by atoms with E-state index in [4.69, 9.17) is 4.74 Å². The van der Waals surface area contributed by atoms with Crippen molar-refractivity contribution in [1.29, 1.82) is 0 Å². The van der Waals surface area contributed by atoms with Gasteiger partial charge in [0.1, 0.15) is 0 Å². The molecule has 114 valence electrons. The second-order valence-corrected chi connectivity index (χ2v) is 6.08. The average molecular weight is 288 g/mol. The lowest BCUT2D eigenvalue weighted by Crippen LogP contribution is -2.48. The normalized spacial score (nSPS) is 22.5. The van der Waals surface area contributed by atoms with Gasteiger partial charge in [0, 0.05) is 25.0 Å². The van der Waals surface area contributed by atoms with E-state index >= 15 is 0 Å². The van der Waals surface area contributed by atoms with Gasteiger partial charge >= 0.3 is 0 Å². The van der Waals surface area contributed by atoms with Crippen LogP contribution >= 0.6 is 0 Å². The lowest BCUT2D eigenvalue weighted by molar-refractivity contribution is -0.123. The molecule has 3 rings (SSSR count). The number of nitrogens with zero attached hydrogens (tertiary/aromatic N) is 1. The number of hydrogen-bond donors (Lipinski definition) is 1. The van der Waals surface area contributed by atoms with Crippen molar-refractivity contribution in [1.82, 2.24) is 10.2 Å². The molecule has 0 bridgehead atoms. The summed E-state index contributed by atoms with van der Waals surface area (Å²) in [6.07, 6.45) is 2.10. The van der Waals surface area contributed by atoms with E-state index in [1.807, 2.05) is 6.07 Å². The summed E-state index contributed by atoms with van der Waals surface area (Å²) < 4.78 is 5.47. The highest BCUT2D eigenvalue weighted by Crippen LogP contribution is 2.30. The third kappa shape index (κ3) is 3.63. The van der Waals surface area contributed by atoms with Gasteiger partial charge in [0.15, 0.2) is 0 Å². The van der Waals surface area contributed by atoms with Crippen molar-refractivity contribution < 1.29 is 9.53 Å². The number of carbonyl (C=O) groups excluding carboxylic acids is 1. The Kier molecular flexibility index (Phi) is 4.56. The van der Waals surface area contributed by atoms with Gasteiger partial charge in [-0.3, -0.25) is 9.69 Å². The zero-order valence-electron chi connectivity index (χ0n) is 12.6. The molecule has 1 N–H and O–H groups in total. The average Bonchev–Trinajstić information content (AvgIpc) is 3.34. The number of hydrogen-bond acceptors (Lipinski definition) is 3. The van der Waals surface area contributed by atoms with Crippen molar-refractivity contribution in [3.63, 3.8) is 0 Å². The van der Waals surface area contributed by atoms with Crippen LogP contribution in [0.25, 0.3) is 0 Å². The lowest BCUT2D eigenvalue weighted by atomic mass is 9.98. The van der Waals surface area contributed by atoms with Crippen LogP contribution < -0.4 is 5.32 Å². The molecule has 0 aromatic heterocycles. The monoisotopic (exact) mass is 288 g/mol. The minimum atomic E-state index is 0.110. The predicted octanol–water partition coefficient (Wildman–Crippen LogP) is 1.97. The number of morpholine rings is 1. The Morgan fingerprint density at radius 3 is 2.52 bits per heavy atom. The molecule has 4 nitrogen and oxygen atoms in total. The van der Waals surface area contributed by atoms with Crippen molar-refractivity contribution in [3.05, 3.63) is 35.9 Å². The van der Waals surface area contributed by atoms with Crippen molar-refractivity contribution in [2.24, 2.45) is 5.92 Å². The van der Waals surface area contributed by atoms with E-state index in [2.05, 4.69) is 41.4 Å². The highest BCUT2D eigenvalue weighted by Gasteiger charge is 2.33. The van der Waals surface area contributed by atoms with Gasteiger partial charge in [-0.25, -0.2) is 0 Å². The highest BCUT2D eigenvalue weighted by molar-refractivity contribution is 5.81. The zero-order chi connectivity index (χ0) is 14.7. The molecule has 1 aliphatic heterocycles. The van der Waals surface area contributed by atoms with Gasteiger partial charge < -0.3 is 10.1 Å². The smallest absolute Gasteiger partial charge is 0.223 e. The summed E-state index contributed by atoms with van der Waals surface area (Å²) in [7, 11) is 0. The molecule has 2 atom stereocenters. The Morgan fingerprint density at radius 2 is 1.90 bits per heavy atom. The van der Waals surface area contributed by atoms with Crippen molar-refractivity contribution in [3.8, 4) is 0 Å². The maximum Gasteiger partial charge on any atom is 0.223 e. The number of amides is 1. The fourth-order valence-corrected chi connectivity index (χ4v) is 3.09. The Hall–Kier alpha value is -1.39. The molecule has 1 saturated carbocycles. The largest absolute Gasteiger partial charge is 0.379 e. The van der Waals surface area contributed by atoms with Crippen LogP contribution in [0.4, 0.5) is 0 Å². The molecule has 1 aromatic rings. The van der Waals surface area contributed by atoms with Gasteiger partial charge in [0.25, 0.3) is 0 Å². The molecule has 1 aliphatic carbocycles. The van der Waals surface area contributed by atoms with Crippen LogP contribution in [0.1, 0.15) is 31.4 Å². The molecular weight excluding hydrogens is 264 g/mol. The van der Waals surface area contributed by atoms with Gasteiger partial charge in [-0.2, -0.15) is 0 Å². The number of benzene rings is 1. The molecule has 0 spiro atoms. The number of carbonyl (C=O) groups is 1. The molecule has 21 heavy (non-hydrogen) atoms. The van der Waals surface area contributed by atoms with Crippen LogP contribution in [-0.2, 0) is 9.53 Å². The molecule has 4 heteroatoms. The van der Waals surface area contributed by atoms with Crippen molar-refractivity contribution in [2.45, 2.75) is 31.8 Å². The summed E-state index contributed by atoms with van der Waals surface area (Å²) in [6, 6.07) is 10.8. The minimum Gasteiger partial charge on any atom is -0.379 e. The predicted molar refractivity (Wildman–Crippen MR) is 81.9 cm³/mol. The van der Waals surface area contributed by atoms with E-state index in [1.165, 1.54) is 5.56 Å². The van der Waals surface area contributed by atoms with Crippen LogP contribution in [0.15, 0.2) is 30.3 Å². The number of rotatable bonds is 5. The van der Waals surface area contributed by atoms with Gasteiger partial charge in [-0.15, -0.1) is 0 Å². The third-order valence-corrected chi connectivity index (χ3v) is 4.37. The second-order valence-electron chi connectivity index (χ2n) is 6.08. The summed E-state index contributed by atoms with van der Waals surface area (Å²) >= 11 is 0. The van der Waals surface area contributed by atoms with E-state index in [1.54, 1.807) is 0 Å². The standard InChI is InChI=1S/C17H24N2O2/c1-13(18-17(20)15-7-8-15)16(14-5-3-2-4-6-14)19-9-11-21-12-10-19/h2-6,13,15-16H,7-12H2,1H3,(H,18,20)/t13-,16+/m0/s1. The van der Waals surface area contributed by atoms with E-state index in [0.717, 1.165) is 39.1 Å². The summed E-state index contributed by atoms with van der Waals surface area (Å²) in [4.78, 5) is 14.5. The summed E-state index contributed by atoms with van der Waals surface area (Å²) in [5.41, 5.74) is 1.27. The van der Waals surface area contributed by atoms with Crippen LogP contribution in [0.3, 0.4) is 0 Å². The Morgan fingerprint density at radius 1 is 1.24 bits per heavy atom. The molecule has 1 heterocycles.